The minimum atomic E-state index is -1.72. The van der Waals surface area contributed by atoms with E-state index in [1.165, 1.54) is 12.0 Å². The summed E-state index contributed by atoms with van der Waals surface area (Å²) in [5, 5.41) is 68.4. The van der Waals surface area contributed by atoms with Gasteiger partial charge in [-0.2, -0.15) is 5.06 Å². The maximum Gasteiger partial charge on any atom is 0.327 e. The second-order valence-corrected chi connectivity index (χ2v) is 20.1. The van der Waals surface area contributed by atoms with Crippen molar-refractivity contribution in [3.05, 3.63) is 41.5 Å². The zero-order valence-corrected chi connectivity index (χ0v) is 40.7. The number of unbranched alkanes of at least 4 members (excludes halogenated alkanes) is 4. The molecule has 8 N–H and O–H groups in total. The van der Waals surface area contributed by atoms with Gasteiger partial charge in [0.2, 0.25) is 11.8 Å². The molecule has 14 atom stereocenters. The van der Waals surface area contributed by atoms with E-state index in [1.54, 1.807) is 45.1 Å². The Kier molecular flexibility index (Phi) is 18.8. The SMILES string of the molecule is CCCCCC1(CCCCC)OC2C3CC4(C(=O)NC(C(=O)NC(CO)CCC(=O)OC(C)(C)C)C(C)O)C(ON(Cc5ccccc5C=CCOC5OC(CO)C(O)C(O)C5O)C4C(=O)O3)C2O1. The largest absolute Gasteiger partial charge is 0.460 e. The van der Waals surface area contributed by atoms with Gasteiger partial charge in [0.15, 0.2) is 18.1 Å². The topological polar surface area (TPSA) is 282 Å². The van der Waals surface area contributed by atoms with Crippen molar-refractivity contribution in [1.82, 2.24) is 15.7 Å². The van der Waals surface area contributed by atoms with E-state index in [-0.39, 0.29) is 32.4 Å². The molecule has 14 unspecified atom stereocenters. The van der Waals surface area contributed by atoms with Crippen LogP contribution in [0.5, 0.6) is 0 Å². The molecule has 20 nitrogen and oxygen atoms in total. The molecule has 20 heteroatoms. The van der Waals surface area contributed by atoms with Gasteiger partial charge in [0.1, 0.15) is 65.9 Å². The fraction of sp³-hybridized carbons (Fsp3) is 0.755. The third kappa shape index (κ3) is 12.5. The van der Waals surface area contributed by atoms with Gasteiger partial charge < -0.3 is 69.7 Å². The molecule has 5 aliphatic rings. The van der Waals surface area contributed by atoms with Crippen LogP contribution in [0.1, 0.15) is 123 Å². The predicted octanol–water partition coefficient (Wildman–Crippen LogP) is 1.42. The first kappa shape index (κ1) is 54.7. The number of benzene rings is 1. The summed E-state index contributed by atoms with van der Waals surface area (Å²) in [6.45, 7) is 9.40. The first-order valence-electron chi connectivity index (χ1n) is 24.6. The summed E-state index contributed by atoms with van der Waals surface area (Å²) in [4.78, 5) is 63.0. The van der Waals surface area contributed by atoms with Gasteiger partial charge in [-0.3, -0.25) is 24.0 Å². The quantitative estimate of drug-likeness (QED) is 0.0537. The number of carbonyl (C=O) groups is 4. The third-order valence-corrected chi connectivity index (χ3v) is 13.6. The summed E-state index contributed by atoms with van der Waals surface area (Å²) >= 11 is 0. The van der Waals surface area contributed by atoms with E-state index < -0.39 is 133 Å². The molecule has 1 aromatic rings. The summed E-state index contributed by atoms with van der Waals surface area (Å²) in [7, 11) is 0. The first-order chi connectivity index (χ1) is 32.8. The van der Waals surface area contributed by atoms with Gasteiger partial charge in [-0.25, -0.2) is 0 Å². The lowest BCUT2D eigenvalue weighted by atomic mass is 9.62. The van der Waals surface area contributed by atoms with Crippen molar-refractivity contribution in [2.75, 3.05) is 19.8 Å². The average Bonchev–Trinajstić information content (AvgIpc) is 3.86. The third-order valence-electron chi connectivity index (χ3n) is 13.6. The number of rotatable bonds is 24. The van der Waals surface area contributed by atoms with Gasteiger partial charge in [-0.1, -0.05) is 75.9 Å². The number of aliphatic hydroxyl groups is 6. The van der Waals surface area contributed by atoms with Crippen LogP contribution in [-0.2, 0) is 59.0 Å². The maximum absolute atomic E-state index is 15.3. The lowest BCUT2D eigenvalue weighted by Crippen LogP contribution is -2.71. The number of hydrogen-bond acceptors (Lipinski definition) is 18. The van der Waals surface area contributed by atoms with E-state index in [4.69, 9.17) is 33.3 Å². The van der Waals surface area contributed by atoms with Gasteiger partial charge in [0.25, 0.3) is 0 Å². The van der Waals surface area contributed by atoms with Crippen molar-refractivity contribution in [3.63, 3.8) is 0 Å². The Morgan fingerprint density at radius 1 is 0.957 bits per heavy atom. The van der Waals surface area contributed by atoms with E-state index in [9.17, 15) is 45.0 Å². The maximum atomic E-state index is 15.3. The van der Waals surface area contributed by atoms with Crippen molar-refractivity contribution in [3.8, 4) is 0 Å². The Bertz CT molecular complexity index is 1920. The number of nitrogens with one attached hydrogen (secondary N) is 2. The molecule has 4 aliphatic heterocycles. The highest BCUT2D eigenvalue weighted by Gasteiger charge is 2.76. The number of aliphatic hydroxyl groups excluding tert-OH is 6. The number of fused-ring (bicyclic) bond motifs is 4. The van der Waals surface area contributed by atoms with Crippen LogP contribution in [-0.4, -0.2) is 170 Å². The van der Waals surface area contributed by atoms with Crippen LogP contribution in [0, 0.1) is 5.41 Å². The Morgan fingerprint density at radius 3 is 2.28 bits per heavy atom. The van der Waals surface area contributed by atoms with Crippen molar-refractivity contribution in [2.45, 2.75) is 209 Å². The van der Waals surface area contributed by atoms with Crippen LogP contribution in [0.2, 0.25) is 0 Å². The highest BCUT2D eigenvalue weighted by Crippen LogP contribution is 2.58. The van der Waals surface area contributed by atoms with Crippen LogP contribution in [0.25, 0.3) is 6.08 Å². The molecule has 388 valence electrons. The molecule has 4 heterocycles. The zero-order valence-electron chi connectivity index (χ0n) is 40.7. The fourth-order valence-electron chi connectivity index (χ4n) is 10.1. The molecule has 2 amide bonds. The second kappa shape index (κ2) is 23.7. The molecule has 6 rings (SSSR count). The predicted molar refractivity (Wildman–Crippen MR) is 245 cm³/mol. The molecular weight excluding hydrogens is 903 g/mol. The molecule has 0 aromatic heterocycles. The Hall–Kier alpha value is -3.64. The molecule has 1 aliphatic carbocycles. The van der Waals surface area contributed by atoms with Crippen LogP contribution in [0.4, 0.5) is 0 Å². The minimum absolute atomic E-state index is 0.0165. The normalized spacial score (nSPS) is 32.0. The lowest BCUT2D eigenvalue weighted by Gasteiger charge is -2.49. The monoisotopic (exact) mass is 978 g/mol. The van der Waals surface area contributed by atoms with Crippen LogP contribution >= 0.6 is 0 Å². The summed E-state index contributed by atoms with van der Waals surface area (Å²) in [5.74, 6) is -3.90. The fourth-order valence-corrected chi connectivity index (χ4v) is 10.1. The number of amides is 2. The van der Waals surface area contributed by atoms with E-state index in [0.717, 1.165) is 38.5 Å². The number of ether oxygens (including phenoxy) is 6. The van der Waals surface area contributed by atoms with Crippen molar-refractivity contribution in [2.24, 2.45) is 5.41 Å². The van der Waals surface area contributed by atoms with E-state index >= 15 is 4.79 Å². The molecular formula is C49H75N3O17. The summed E-state index contributed by atoms with van der Waals surface area (Å²) in [5.41, 5.74) is -1.15. The van der Waals surface area contributed by atoms with E-state index in [2.05, 4.69) is 24.5 Å². The molecule has 2 bridgehead atoms. The second-order valence-electron chi connectivity index (χ2n) is 20.1. The van der Waals surface area contributed by atoms with Gasteiger partial charge in [-0.05, 0) is 58.1 Å². The first-order valence-corrected chi connectivity index (χ1v) is 24.6. The summed E-state index contributed by atoms with van der Waals surface area (Å²) in [6, 6.07) is 3.36. The van der Waals surface area contributed by atoms with Crippen LogP contribution in [0.3, 0.4) is 0 Å². The van der Waals surface area contributed by atoms with Gasteiger partial charge in [-0.15, -0.1) is 0 Å². The van der Waals surface area contributed by atoms with E-state index in [1.807, 2.05) is 12.1 Å². The Balaban J connectivity index is 1.28. The lowest BCUT2D eigenvalue weighted by molar-refractivity contribution is -0.298. The molecule has 0 radical (unpaired) electrons. The molecule has 0 spiro atoms. The highest BCUT2D eigenvalue weighted by molar-refractivity contribution is 5.96. The zero-order chi connectivity index (χ0) is 50.3. The summed E-state index contributed by atoms with van der Waals surface area (Å²) < 4.78 is 36.5. The van der Waals surface area contributed by atoms with Crippen LogP contribution in [0.15, 0.2) is 30.3 Å². The smallest absolute Gasteiger partial charge is 0.327 e. The molecule has 1 aromatic carbocycles. The number of carbonyl (C=O) groups excluding carboxylic acids is 4. The van der Waals surface area contributed by atoms with Crippen LogP contribution < -0.4 is 10.6 Å². The molecule has 1 saturated carbocycles. The number of esters is 2. The Labute approximate surface area is 403 Å². The molecule has 4 saturated heterocycles. The minimum Gasteiger partial charge on any atom is -0.460 e. The number of nitrogens with zero attached hydrogens (tertiary/aromatic N) is 1. The van der Waals surface area contributed by atoms with Gasteiger partial charge in [0.05, 0.1) is 38.5 Å². The van der Waals surface area contributed by atoms with Gasteiger partial charge >= 0.3 is 11.9 Å². The Morgan fingerprint density at radius 2 is 1.64 bits per heavy atom. The van der Waals surface area contributed by atoms with Crippen molar-refractivity contribution < 1.29 is 83.1 Å². The molecule has 5 fully saturated rings. The highest BCUT2D eigenvalue weighted by atomic mass is 16.8. The summed E-state index contributed by atoms with van der Waals surface area (Å²) in [6.07, 6.45) is -2.59. The van der Waals surface area contributed by atoms with Crippen molar-refractivity contribution >= 4 is 29.8 Å². The number of hydrogen-bond donors (Lipinski definition) is 8. The molecule has 69 heavy (non-hydrogen) atoms. The standard InChI is InChI=1S/C49H75N3O17/c1-7-9-13-21-48(22-14-10-8-2)67-39-32-24-49(46(62)51-35(28(3)55)43(60)50-31(26-53)19-20-34(56)66-47(4,5)6)41(44(61)64-32)52(69-42(49)40(39)68-48)25-30-17-12-11-16-29(30)18-15-23-63-45-38(59)37(58)36(57)33(27-54)65-45/h11-12,15-18,28,31-33,35-42,45,53-55,57-59H,7-10,13-14,19-27H2,1-6H3,(H,50,60)(H,51,62). The average molecular weight is 978 g/mol. The van der Waals surface area contributed by atoms with Gasteiger partial charge in [0, 0.05) is 25.7 Å². The number of hydroxylamine groups is 2. The van der Waals surface area contributed by atoms with Crippen molar-refractivity contribution in [1.29, 1.82) is 0 Å². The van der Waals surface area contributed by atoms with E-state index in [0.29, 0.717) is 24.0 Å².